The van der Waals surface area contributed by atoms with Crippen LogP contribution in [-0.2, 0) is 15.0 Å². The molecule has 2 unspecified atom stereocenters. The maximum Gasteiger partial charge on any atom is 0.0729 e. The molecule has 116 valence electrons. The van der Waals surface area contributed by atoms with Crippen molar-refractivity contribution in [1.29, 1.82) is 0 Å². The molecular formula is C17H24BrNO2. The fraction of sp³-hybridized carbons (Fsp3) is 0.647. The minimum absolute atomic E-state index is 0.00282. The van der Waals surface area contributed by atoms with Gasteiger partial charge < -0.3 is 15.2 Å². The summed E-state index contributed by atoms with van der Waals surface area (Å²) in [4.78, 5) is 0. The zero-order chi connectivity index (χ0) is 14.9. The van der Waals surface area contributed by atoms with Crippen LogP contribution in [0, 0.1) is 5.92 Å². The summed E-state index contributed by atoms with van der Waals surface area (Å²) < 4.78 is 12.7. The van der Waals surface area contributed by atoms with Crippen LogP contribution in [0.4, 0.5) is 0 Å². The van der Waals surface area contributed by atoms with E-state index in [9.17, 15) is 0 Å². The van der Waals surface area contributed by atoms with Crippen LogP contribution in [0.5, 0.6) is 0 Å². The first-order chi connectivity index (χ1) is 10.0. The largest absolute Gasteiger partial charge is 0.381 e. The lowest BCUT2D eigenvalue weighted by Gasteiger charge is -2.47. The molecule has 0 radical (unpaired) electrons. The van der Waals surface area contributed by atoms with Crippen molar-refractivity contribution in [2.45, 2.75) is 43.7 Å². The van der Waals surface area contributed by atoms with Crippen molar-refractivity contribution < 1.29 is 9.47 Å². The summed E-state index contributed by atoms with van der Waals surface area (Å²) >= 11 is 3.49. The Balaban J connectivity index is 1.79. The molecule has 0 aliphatic carbocycles. The number of nitrogens with two attached hydrogens (primary N) is 1. The first-order valence-corrected chi connectivity index (χ1v) is 8.58. The fourth-order valence-electron chi connectivity index (χ4n) is 3.68. The van der Waals surface area contributed by atoms with Gasteiger partial charge in [-0.3, -0.25) is 0 Å². The summed E-state index contributed by atoms with van der Waals surface area (Å²) in [5.41, 5.74) is 7.65. The predicted molar refractivity (Wildman–Crippen MR) is 87.1 cm³/mol. The molecule has 3 nitrogen and oxygen atoms in total. The summed E-state index contributed by atoms with van der Waals surface area (Å²) in [5, 5.41) is 0. The normalized spacial score (nSPS) is 28.2. The Kier molecular flexibility index (Phi) is 4.42. The maximum absolute atomic E-state index is 6.75. The van der Waals surface area contributed by atoms with Crippen LogP contribution in [0.2, 0.25) is 0 Å². The van der Waals surface area contributed by atoms with Crippen LogP contribution in [-0.4, -0.2) is 25.4 Å². The zero-order valence-electron chi connectivity index (χ0n) is 12.6. The summed E-state index contributed by atoms with van der Waals surface area (Å²) in [5.74, 6) is 0.450. The predicted octanol–water partition coefficient (Wildman–Crippen LogP) is 3.60. The Morgan fingerprint density at radius 2 is 1.86 bits per heavy atom. The number of benzene rings is 1. The van der Waals surface area contributed by atoms with E-state index in [4.69, 9.17) is 15.2 Å². The summed E-state index contributed by atoms with van der Waals surface area (Å²) in [6.45, 7) is 4.60. The molecule has 21 heavy (non-hydrogen) atoms. The summed E-state index contributed by atoms with van der Waals surface area (Å²) in [6.07, 6.45) is 4.07. The number of rotatable bonds is 2. The summed E-state index contributed by atoms with van der Waals surface area (Å²) in [7, 11) is 0. The van der Waals surface area contributed by atoms with Crippen LogP contribution in [0.25, 0.3) is 0 Å². The molecule has 3 rings (SSSR count). The lowest BCUT2D eigenvalue weighted by molar-refractivity contribution is -0.154. The fourth-order valence-corrected chi connectivity index (χ4v) is 3.94. The highest BCUT2D eigenvalue weighted by molar-refractivity contribution is 9.10. The Morgan fingerprint density at radius 1 is 1.19 bits per heavy atom. The average Bonchev–Trinajstić information content (AvgIpc) is 2.48. The SMILES string of the molecule is CC(N)(c1ccc(Br)cc1)C1CCOC2(CCOCC2)C1. The van der Waals surface area contributed by atoms with Gasteiger partial charge in [0.2, 0.25) is 0 Å². The third-order valence-electron chi connectivity index (χ3n) is 5.21. The van der Waals surface area contributed by atoms with Gasteiger partial charge in [0.1, 0.15) is 0 Å². The van der Waals surface area contributed by atoms with Gasteiger partial charge >= 0.3 is 0 Å². The second-order valence-electron chi connectivity index (χ2n) is 6.62. The van der Waals surface area contributed by atoms with E-state index in [1.165, 1.54) is 5.56 Å². The van der Waals surface area contributed by atoms with Gasteiger partial charge in [-0.25, -0.2) is 0 Å². The molecule has 2 atom stereocenters. The number of hydrogen-bond acceptors (Lipinski definition) is 3. The molecule has 1 spiro atoms. The van der Waals surface area contributed by atoms with Crippen LogP contribution in [0.3, 0.4) is 0 Å². The van der Waals surface area contributed by atoms with E-state index in [-0.39, 0.29) is 11.1 Å². The van der Waals surface area contributed by atoms with E-state index in [0.29, 0.717) is 5.92 Å². The molecule has 0 amide bonds. The highest BCUT2D eigenvalue weighted by Crippen LogP contribution is 2.43. The molecule has 2 aliphatic heterocycles. The Bertz CT molecular complexity index is 475. The second-order valence-corrected chi connectivity index (χ2v) is 7.54. The zero-order valence-corrected chi connectivity index (χ0v) is 14.2. The number of halogens is 1. The van der Waals surface area contributed by atoms with Gasteiger partial charge in [0, 0.05) is 29.8 Å². The quantitative estimate of drug-likeness (QED) is 0.883. The Labute approximate surface area is 135 Å². The van der Waals surface area contributed by atoms with E-state index < -0.39 is 0 Å². The molecule has 2 saturated heterocycles. The molecule has 0 saturated carbocycles. The minimum atomic E-state index is -0.310. The first-order valence-electron chi connectivity index (χ1n) is 7.79. The van der Waals surface area contributed by atoms with Gasteiger partial charge in [-0.2, -0.15) is 0 Å². The molecule has 0 aromatic heterocycles. The molecule has 1 aromatic carbocycles. The molecule has 2 heterocycles. The molecular weight excluding hydrogens is 330 g/mol. The van der Waals surface area contributed by atoms with Gasteiger partial charge in [-0.05, 0) is 56.2 Å². The second kappa shape index (κ2) is 5.99. The van der Waals surface area contributed by atoms with E-state index in [1.807, 2.05) is 0 Å². The number of hydrogen-bond donors (Lipinski definition) is 1. The van der Waals surface area contributed by atoms with Crippen molar-refractivity contribution in [3.8, 4) is 0 Å². The lowest BCUT2D eigenvalue weighted by Crippen LogP contribution is -2.51. The van der Waals surface area contributed by atoms with Crippen LogP contribution < -0.4 is 5.73 Å². The number of ether oxygens (including phenoxy) is 2. The van der Waals surface area contributed by atoms with Crippen molar-refractivity contribution in [2.24, 2.45) is 11.7 Å². The first kappa shape index (κ1) is 15.5. The van der Waals surface area contributed by atoms with Gasteiger partial charge in [0.05, 0.1) is 5.60 Å². The molecule has 2 fully saturated rings. The minimum Gasteiger partial charge on any atom is -0.381 e. The van der Waals surface area contributed by atoms with Gasteiger partial charge in [0.15, 0.2) is 0 Å². The highest BCUT2D eigenvalue weighted by Gasteiger charge is 2.44. The third-order valence-corrected chi connectivity index (χ3v) is 5.74. The van der Waals surface area contributed by atoms with Gasteiger partial charge in [-0.1, -0.05) is 28.1 Å². The molecule has 0 bridgehead atoms. The molecule has 1 aromatic rings. The van der Waals surface area contributed by atoms with Gasteiger partial charge in [0.25, 0.3) is 0 Å². The average molecular weight is 354 g/mol. The monoisotopic (exact) mass is 353 g/mol. The Hall–Kier alpha value is -0.420. The van der Waals surface area contributed by atoms with Crippen molar-refractivity contribution >= 4 is 15.9 Å². The highest BCUT2D eigenvalue weighted by atomic mass is 79.9. The van der Waals surface area contributed by atoms with Crippen LogP contribution in [0.15, 0.2) is 28.7 Å². The van der Waals surface area contributed by atoms with E-state index in [1.54, 1.807) is 0 Å². The van der Waals surface area contributed by atoms with E-state index >= 15 is 0 Å². The third kappa shape index (κ3) is 3.19. The standard InChI is InChI=1S/C17H24BrNO2/c1-16(19,13-2-4-15(18)5-3-13)14-6-9-21-17(12-14)7-10-20-11-8-17/h2-5,14H,6-12,19H2,1H3. The smallest absolute Gasteiger partial charge is 0.0729 e. The lowest BCUT2D eigenvalue weighted by atomic mass is 9.70. The topological polar surface area (TPSA) is 44.5 Å². The molecule has 4 heteroatoms. The summed E-state index contributed by atoms with van der Waals surface area (Å²) in [6, 6.07) is 8.42. The van der Waals surface area contributed by atoms with Crippen molar-refractivity contribution in [1.82, 2.24) is 0 Å². The Morgan fingerprint density at radius 3 is 2.52 bits per heavy atom. The molecule has 2 N–H and O–H groups in total. The van der Waals surface area contributed by atoms with Crippen molar-refractivity contribution in [2.75, 3.05) is 19.8 Å². The van der Waals surface area contributed by atoms with Gasteiger partial charge in [-0.15, -0.1) is 0 Å². The van der Waals surface area contributed by atoms with E-state index in [2.05, 4.69) is 47.1 Å². The van der Waals surface area contributed by atoms with Crippen molar-refractivity contribution in [3.63, 3.8) is 0 Å². The van der Waals surface area contributed by atoms with Crippen LogP contribution >= 0.6 is 15.9 Å². The van der Waals surface area contributed by atoms with Crippen molar-refractivity contribution in [3.05, 3.63) is 34.3 Å². The van der Waals surface area contributed by atoms with Crippen LogP contribution in [0.1, 0.15) is 38.2 Å². The maximum atomic E-state index is 6.75. The molecule has 2 aliphatic rings. The van der Waals surface area contributed by atoms with E-state index in [0.717, 1.165) is 50.0 Å².